The predicted molar refractivity (Wildman–Crippen MR) is 83.0 cm³/mol. The van der Waals surface area contributed by atoms with Gasteiger partial charge in [0.05, 0.1) is 20.7 Å². The van der Waals surface area contributed by atoms with Crippen molar-refractivity contribution in [2.24, 2.45) is 0 Å². The Bertz CT molecular complexity index is 683. The van der Waals surface area contributed by atoms with Gasteiger partial charge in [0.15, 0.2) is 5.52 Å². The molecule has 1 unspecified atom stereocenters. The van der Waals surface area contributed by atoms with Gasteiger partial charge in [-0.15, -0.1) is 11.3 Å². The molecule has 1 aliphatic heterocycles. The Labute approximate surface area is 126 Å². The zero-order valence-electron chi connectivity index (χ0n) is 11.8. The number of hydrogen-bond acceptors (Lipinski definition) is 6. The molecule has 0 radical (unpaired) electrons. The number of nitro benzene ring substituents is 1. The largest absolute Gasteiger partial charge is 0.390 e. The fourth-order valence-electron chi connectivity index (χ4n) is 2.85. The molecule has 3 rings (SSSR count). The average Bonchev–Trinajstić information content (AvgIpc) is 2.81. The van der Waals surface area contributed by atoms with Gasteiger partial charge in [-0.3, -0.25) is 10.1 Å². The Balaban J connectivity index is 2.03. The fraction of sp³-hybridized carbons (Fsp3) is 0.500. The van der Waals surface area contributed by atoms with Crippen LogP contribution in [-0.4, -0.2) is 33.7 Å². The quantitative estimate of drug-likeness (QED) is 0.681. The minimum Gasteiger partial charge on any atom is -0.390 e. The van der Waals surface area contributed by atoms with Gasteiger partial charge in [0.2, 0.25) is 0 Å². The van der Waals surface area contributed by atoms with Crippen LogP contribution in [-0.2, 0) is 0 Å². The smallest absolute Gasteiger partial charge is 0.319 e. The van der Waals surface area contributed by atoms with Crippen molar-refractivity contribution in [3.05, 3.63) is 27.8 Å². The van der Waals surface area contributed by atoms with Crippen LogP contribution in [0.3, 0.4) is 0 Å². The Morgan fingerprint density at radius 2 is 2.24 bits per heavy atom. The SMILES string of the molecule is CC1(O)CCCN(c2ccc3scnc3c2[N+](=O)[O-])CC1. The van der Waals surface area contributed by atoms with Crippen molar-refractivity contribution in [2.75, 3.05) is 18.0 Å². The van der Waals surface area contributed by atoms with Crippen molar-refractivity contribution < 1.29 is 10.0 Å². The van der Waals surface area contributed by atoms with Crippen LogP contribution in [0.5, 0.6) is 0 Å². The van der Waals surface area contributed by atoms with Gasteiger partial charge in [0, 0.05) is 13.1 Å². The summed E-state index contributed by atoms with van der Waals surface area (Å²) in [5.41, 5.74) is 2.09. The van der Waals surface area contributed by atoms with Crippen molar-refractivity contribution in [2.45, 2.75) is 31.8 Å². The number of aromatic nitrogens is 1. The van der Waals surface area contributed by atoms with Crippen LogP contribution in [0.25, 0.3) is 10.2 Å². The first-order chi connectivity index (χ1) is 9.98. The summed E-state index contributed by atoms with van der Waals surface area (Å²) in [7, 11) is 0. The van der Waals surface area contributed by atoms with Gasteiger partial charge in [0.25, 0.3) is 0 Å². The third-order valence-corrected chi connectivity index (χ3v) is 4.84. The van der Waals surface area contributed by atoms with Gasteiger partial charge in [0.1, 0.15) is 5.69 Å². The highest BCUT2D eigenvalue weighted by molar-refractivity contribution is 7.16. The van der Waals surface area contributed by atoms with Crippen molar-refractivity contribution in [3.8, 4) is 0 Å². The van der Waals surface area contributed by atoms with E-state index in [-0.39, 0.29) is 10.6 Å². The molecule has 1 atom stereocenters. The number of aliphatic hydroxyl groups is 1. The van der Waals surface area contributed by atoms with E-state index in [1.807, 2.05) is 17.9 Å². The first-order valence-electron chi connectivity index (χ1n) is 6.96. The molecule has 1 fully saturated rings. The summed E-state index contributed by atoms with van der Waals surface area (Å²) in [5, 5.41) is 21.6. The molecule has 2 aromatic rings. The second-order valence-electron chi connectivity index (χ2n) is 5.73. The van der Waals surface area contributed by atoms with Crippen molar-refractivity contribution in [1.29, 1.82) is 0 Å². The van der Waals surface area contributed by atoms with Gasteiger partial charge in [-0.05, 0) is 38.3 Å². The number of anilines is 1. The Morgan fingerprint density at radius 3 is 3.00 bits per heavy atom. The molecule has 6 nitrogen and oxygen atoms in total. The van der Waals surface area contributed by atoms with E-state index in [4.69, 9.17) is 0 Å². The van der Waals surface area contributed by atoms with Crippen molar-refractivity contribution in [3.63, 3.8) is 0 Å². The molecule has 112 valence electrons. The van der Waals surface area contributed by atoms with E-state index in [1.165, 1.54) is 11.3 Å². The van der Waals surface area contributed by atoms with Crippen LogP contribution in [0.2, 0.25) is 0 Å². The molecule has 21 heavy (non-hydrogen) atoms. The molecule has 7 heteroatoms. The number of nitro groups is 1. The van der Waals surface area contributed by atoms with Crippen LogP contribution in [0.1, 0.15) is 26.2 Å². The van der Waals surface area contributed by atoms with E-state index in [0.717, 1.165) is 17.5 Å². The summed E-state index contributed by atoms with van der Waals surface area (Å²) >= 11 is 1.40. The monoisotopic (exact) mass is 307 g/mol. The molecule has 1 aromatic heterocycles. The highest BCUT2D eigenvalue weighted by Gasteiger charge is 2.29. The second-order valence-corrected chi connectivity index (χ2v) is 6.61. The average molecular weight is 307 g/mol. The molecule has 0 saturated carbocycles. The van der Waals surface area contributed by atoms with Crippen LogP contribution in [0, 0.1) is 10.1 Å². The normalized spacial score (nSPS) is 23.2. The molecule has 2 heterocycles. The Kier molecular flexibility index (Phi) is 3.54. The predicted octanol–water partition coefficient (Wildman–Crippen LogP) is 2.95. The molecule has 1 aliphatic rings. The lowest BCUT2D eigenvalue weighted by atomic mass is 9.98. The summed E-state index contributed by atoms with van der Waals surface area (Å²) in [5.74, 6) is 0. The van der Waals surface area contributed by atoms with Crippen LogP contribution >= 0.6 is 11.3 Å². The number of hydrogen-bond donors (Lipinski definition) is 1. The minimum atomic E-state index is -0.686. The third kappa shape index (κ3) is 2.71. The maximum atomic E-state index is 11.5. The number of benzene rings is 1. The lowest BCUT2D eigenvalue weighted by Crippen LogP contribution is -2.28. The molecule has 0 spiro atoms. The first-order valence-corrected chi connectivity index (χ1v) is 7.84. The number of thiazole rings is 1. The molecule has 1 aromatic carbocycles. The fourth-order valence-corrected chi connectivity index (χ4v) is 3.52. The number of nitrogens with zero attached hydrogens (tertiary/aromatic N) is 3. The lowest BCUT2D eigenvalue weighted by Gasteiger charge is -2.24. The standard InChI is InChI=1S/C14H17N3O3S/c1-14(18)5-2-7-16(8-6-14)10-3-4-11-12(15-9-21-11)13(10)17(19)20/h3-4,9,18H,2,5-8H2,1H3. The van der Waals surface area contributed by atoms with Gasteiger partial charge < -0.3 is 10.0 Å². The number of rotatable bonds is 2. The van der Waals surface area contributed by atoms with Gasteiger partial charge in [-0.1, -0.05) is 0 Å². The van der Waals surface area contributed by atoms with Crippen LogP contribution in [0.15, 0.2) is 17.6 Å². The van der Waals surface area contributed by atoms with E-state index < -0.39 is 5.60 Å². The maximum Gasteiger partial charge on any atom is 0.319 e. The minimum absolute atomic E-state index is 0.0790. The van der Waals surface area contributed by atoms with Gasteiger partial charge in [-0.25, -0.2) is 4.98 Å². The lowest BCUT2D eigenvalue weighted by molar-refractivity contribution is -0.382. The topological polar surface area (TPSA) is 79.5 Å². The molecule has 0 aliphatic carbocycles. The van der Waals surface area contributed by atoms with E-state index in [0.29, 0.717) is 30.7 Å². The van der Waals surface area contributed by atoms with Crippen LogP contribution in [0.4, 0.5) is 11.4 Å². The van der Waals surface area contributed by atoms with Gasteiger partial charge in [-0.2, -0.15) is 0 Å². The number of fused-ring (bicyclic) bond motifs is 1. The summed E-state index contributed by atoms with van der Waals surface area (Å²) in [6, 6.07) is 3.69. The molecular formula is C14H17N3O3S. The van der Waals surface area contributed by atoms with Crippen LogP contribution < -0.4 is 4.90 Å². The van der Waals surface area contributed by atoms with E-state index >= 15 is 0 Å². The Morgan fingerprint density at radius 1 is 1.43 bits per heavy atom. The second kappa shape index (κ2) is 5.23. The molecular weight excluding hydrogens is 290 g/mol. The summed E-state index contributed by atoms with van der Waals surface area (Å²) in [6.07, 6.45) is 2.15. The molecule has 1 saturated heterocycles. The van der Waals surface area contributed by atoms with Crippen molar-refractivity contribution in [1.82, 2.24) is 4.98 Å². The van der Waals surface area contributed by atoms with Crippen molar-refractivity contribution >= 4 is 32.9 Å². The summed E-state index contributed by atoms with van der Waals surface area (Å²) in [4.78, 5) is 17.3. The molecule has 0 bridgehead atoms. The molecule has 0 amide bonds. The third-order valence-electron chi connectivity index (χ3n) is 4.04. The summed E-state index contributed by atoms with van der Waals surface area (Å²) in [6.45, 7) is 3.16. The molecule has 1 N–H and O–H groups in total. The van der Waals surface area contributed by atoms with E-state index in [1.54, 1.807) is 11.6 Å². The first kappa shape index (κ1) is 14.2. The van der Waals surface area contributed by atoms with E-state index in [2.05, 4.69) is 4.98 Å². The highest BCUT2D eigenvalue weighted by Crippen LogP contribution is 2.38. The maximum absolute atomic E-state index is 11.5. The highest BCUT2D eigenvalue weighted by atomic mass is 32.1. The van der Waals surface area contributed by atoms with E-state index in [9.17, 15) is 15.2 Å². The zero-order chi connectivity index (χ0) is 15.0. The van der Waals surface area contributed by atoms with Gasteiger partial charge >= 0.3 is 5.69 Å². The zero-order valence-corrected chi connectivity index (χ0v) is 12.6. The Hall–Kier alpha value is -1.73. The summed E-state index contributed by atoms with van der Waals surface area (Å²) < 4.78 is 0.826.